The summed E-state index contributed by atoms with van der Waals surface area (Å²) >= 11 is 0. The fraction of sp³-hybridized carbons (Fsp3) is 0.810. The van der Waals surface area contributed by atoms with Gasteiger partial charge in [0, 0.05) is 12.0 Å². The van der Waals surface area contributed by atoms with Crippen LogP contribution in [0.4, 0.5) is 0 Å². The topological polar surface area (TPSA) is 61.8 Å². The quantitative estimate of drug-likeness (QED) is 0.546. The third kappa shape index (κ3) is 3.98. The first kappa shape index (κ1) is 19.4. The summed E-state index contributed by atoms with van der Waals surface area (Å²) in [6, 6.07) is 0. The van der Waals surface area contributed by atoms with Crippen molar-refractivity contribution < 1.29 is 23.8 Å². The van der Waals surface area contributed by atoms with Gasteiger partial charge in [0.25, 0.3) is 0 Å². The molecule has 0 aromatic rings. The number of hydrogen-bond acceptors (Lipinski definition) is 5. The molecule has 4 aliphatic carbocycles. The van der Waals surface area contributed by atoms with E-state index in [1.165, 1.54) is 0 Å². The molecule has 0 heterocycles. The second-order valence-corrected chi connectivity index (χ2v) is 9.79. The molecule has 4 fully saturated rings. The number of carbonyl (C=O) groups is 2. The van der Waals surface area contributed by atoms with Gasteiger partial charge in [-0.15, -0.1) is 0 Å². The first-order valence-electron chi connectivity index (χ1n) is 9.70. The van der Waals surface area contributed by atoms with Crippen molar-refractivity contribution >= 4 is 11.9 Å². The molecular weight excluding hydrogens is 332 g/mol. The molecule has 0 aromatic heterocycles. The van der Waals surface area contributed by atoms with Crippen molar-refractivity contribution in [2.45, 2.75) is 96.1 Å². The Hall–Kier alpha value is -1.36. The highest BCUT2D eigenvalue weighted by molar-refractivity contribution is 5.87. The normalized spacial score (nSPS) is 36.5. The zero-order chi connectivity index (χ0) is 19.3. The molecule has 3 unspecified atom stereocenters. The Morgan fingerprint density at radius 2 is 1.62 bits per heavy atom. The highest BCUT2D eigenvalue weighted by Gasteiger charge is 2.61. The molecule has 4 bridgehead atoms. The van der Waals surface area contributed by atoms with Gasteiger partial charge in [-0.3, -0.25) is 0 Å². The van der Waals surface area contributed by atoms with Gasteiger partial charge in [-0.2, -0.15) is 0 Å². The lowest BCUT2D eigenvalue weighted by Gasteiger charge is -2.61. The van der Waals surface area contributed by atoms with E-state index in [9.17, 15) is 9.59 Å². The molecule has 26 heavy (non-hydrogen) atoms. The van der Waals surface area contributed by atoms with Crippen LogP contribution in [0.15, 0.2) is 12.2 Å². The molecule has 3 atom stereocenters. The molecule has 0 N–H and O–H groups in total. The number of esters is 2. The van der Waals surface area contributed by atoms with Gasteiger partial charge in [0.05, 0.1) is 5.60 Å². The third-order valence-electron chi connectivity index (χ3n) is 5.78. The molecule has 0 saturated heterocycles. The van der Waals surface area contributed by atoms with Crippen LogP contribution < -0.4 is 0 Å². The summed E-state index contributed by atoms with van der Waals surface area (Å²) in [6.07, 6.45) is 4.87. The van der Waals surface area contributed by atoms with Gasteiger partial charge in [-0.05, 0) is 78.6 Å². The van der Waals surface area contributed by atoms with E-state index in [-0.39, 0.29) is 11.9 Å². The van der Waals surface area contributed by atoms with Gasteiger partial charge < -0.3 is 14.2 Å². The standard InChI is InChI=1S/C21H32O5/c1-13(2)17(22)26-21-10-15-7-16(11-21)9-20(8-15,12-21)24-14(3)18(23)25-19(4,5)6/h14-16H,1,7-12H2,2-6H3. The van der Waals surface area contributed by atoms with Gasteiger partial charge in [0.15, 0.2) is 6.10 Å². The van der Waals surface area contributed by atoms with Crippen LogP contribution in [0.1, 0.15) is 73.1 Å². The fourth-order valence-electron chi connectivity index (χ4n) is 5.44. The third-order valence-corrected chi connectivity index (χ3v) is 5.78. The molecule has 5 heteroatoms. The van der Waals surface area contributed by atoms with E-state index in [1.807, 2.05) is 20.8 Å². The maximum Gasteiger partial charge on any atom is 0.335 e. The average molecular weight is 364 g/mol. The van der Waals surface area contributed by atoms with Crippen LogP contribution in [0.2, 0.25) is 0 Å². The molecule has 0 spiro atoms. The van der Waals surface area contributed by atoms with Crippen molar-refractivity contribution in [3.63, 3.8) is 0 Å². The van der Waals surface area contributed by atoms with Crippen molar-refractivity contribution in [3.8, 4) is 0 Å². The van der Waals surface area contributed by atoms with Crippen LogP contribution >= 0.6 is 0 Å². The van der Waals surface area contributed by atoms with E-state index in [0.717, 1.165) is 32.1 Å². The molecule has 5 nitrogen and oxygen atoms in total. The Labute approximate surface area is 156 Å². The summed E-state index contributed by atoms with van der Waals surface area (Å²) in [5.74, 6) is 0.323. The molecular formula is C21H32O5. The van der Waals surface area contributed by atoms with Crippen LogP contribution in [-0.4, -0.2) is 34.8 Å². The molecule has 4 rings (SSSR count). The summed E-state index contributed by atoms with van der Waals surface area (Å²) in [4.78, 5) is 24.6. The molecule has 4 saturated carbocycles. The Kier molecular flexibility index (Phi) is 4.75. The van der Waals surface area contributed by atoms with Crippen molar-refractivity contribution in [2.75, 3.05) is 0 Å². The first-order chi connectivity index (χ1) is 11.9. The van der Waals surface area contributed by atoms with E-state index in [0.29, 0.717) is 23.8 Å². The van der Waals surface area contributed by atoms with Crippen molar-refractivity contribution in [2.24, 2.45) is 11.8 Å². The average Bonchev–Trinajstić information content (AvgIpc) is 2.42. The minimum atomic E-state index is -0.626. The Bertz CT molecular complexity index is 600. The van der Waals surface area contributed by atoms with Gasteiger partial charge in [-0.25, -0.2) is 9.59 Å². The van der Waals surface area contributed by atoms with Gasteiger partial charge in [0.1, 0.15) is 11.2 Å². The van der Waals surface area contributed by atoms with E-state index >= 15 is 0 Å². The van der Waals surface area contributed by atoms with Gasteiger partial charge >= 0.3 is 11.9 Å². The van der Waals surface area contributed by atoms with Crippen molar-refractivity contribution in [3.05, 3.63) is 12.2 Å². The SMILES string of the molecule is C=C(C)C(=O)OC12CC3CC(C1)CC(OC(C)C(=O)OC(C)(C)C)(C3)C2. The van der Waals surface area contributed by atoms with Crippen LogP contribution in [0.5, 0.6) is 0 Å². The van der Waals surface area contributed by atoms with Crippen LogP contribution in [0.25, 0.3) is 0 Å². The fourth-order valence-corrected chi connectivity index (χ4v) is 5.44. The number of hydrogen-bond donors (Lipinski definition) is 0. The maximum atomic E-state index is 12.4. The van der Waals surface area contributed by atoms with Crippen molar-refractivity contribution in [1.29, 1.82) is 0 Å². The number of rotatable bonds is 5. The highest BCUT2D eigenvalue weighted by Crippen LogP contribution is 2.60. The first-order valence-corrected chi connectivity index (χ1v) is 9.70. The summed E-state index contributed by atoms with van der Waals surface area (Å²) in [5, 5.41) is 0. The molecule has 0 aromatic carbocycles. The Balaban J connectivity index is 1.74. The molecule has 0 aliphatic heterocycles. The Morgan fingerprint density at radius 3 is 2.12 bits per heavy atom. The second-order valence-electron chi connectivity index (χ2n) is 9.79. The van der Waals surface area contributed by atoms with E-state index in [2.05, 4.69) is 6.58 Å². The lowest BCUT2D eigenvalue weighted by molar-refractivity contribution is -0.246. The lowest BCUT2D eigenvalue weighted by Crippen LogP contribution is -2.62. The predicted molar refractivity (Wildman–Crippen MR) is 97.4 cm³/mol. The minimum Gasteiger partial charge on any atom is -0.458 e. The molecule has 0 radical (unpaired) electrons. The van der Waals surface area contributed by atoms with E-state index in [4.69, 9.17) is 14.2 Å². The van der Waals surface area contributed by atoms with Gasteiger partial charge in [-0.1, -0.05) is 6.58 Å². The summed E-state index contributed by atoms with van der Waals surface area (Å²) in [6.45, 7) is 12.7. The highest BCUT2D eigenvalue weighted by atomic mass is 16.6. The second kappa shape index (κ2) is 6.36. The smallest absolute Gasteiger partial charge is 0.335 e. The van der Waals surface area contributed by atoms with Crippen LogP contribution in [0.3, 0.4) is 0 Å². The Morgan fingerprint density at radius 1 is 1.08 bits per heavy atom. The molecule has 4 aliphatic rings. The summed E-state index contributed by atoms with van der Waals surface area (Å²) in [7, 11) is 0. The molecule has 0 amide bonds. The van der Waals surface area contributed by atoms with Crippen LogP contribution in [-0.2, 0) is 23.8 Å². The van der Waals surface area contributed by atoms with Crippen molar-refractivity contribution in [1.82, 2.24) is 0 Å². The summed E-state index contributed by atoms with van der Waals surface area (Å²) in [5.41, 5.74) is -0.962. The van der Waals surface area contributed by atoms with E-state index < -0.39 is 22.9 Å². The predicted octanol–water partition coefficient (Wildman–Crippen LogP) is 3.94. The monoisotopic (exact) mass is 364 g/mol. The minimum absolute atomic E-state index is 0.317. The maximum absolute atomic E-state index is 12.4. The summed E-state index contributed by atoms with van der Waals surface area (Å²) < 4.78 is 17.7. The van der Waals surface area contributed by atoms with E-state index in [1.54, 1.807) is 13.8 Å². The van der Waals surface area contributed by atoms with Gasteiger partial charge in [0.2, 0.25) is 0 Å². The zero-order valence-corrected chi connectivity index (χ0v) is 16.7. The molecule has 146 valence electrons. The van der Waals surface area contributed by atoms with Crippen LogP contribution in [0, 0.1) is 11.8 Å². The number of carbonyl (C=O) groups excluding carboxylic acids is 2. The number of ether oxygens (including phenoxy) is 3. The zero-order valence-electron chi connectivity index (χ0n) is 16.7. The lowest BCUT2D eigenvalue weighted by atomic mass is 9.52. The largest absolute Gasteiger partial charge is 0.458 e.